The molecule has 10 nitrogen and oxygen atoms in total. The standard InChI is InChI=1S/C26H32N8O2/c1-17-12-18(6-7-19(17)14-27-24(35)23-30-25(36-31-23)26(2,3)4)22-21-13-20(15-34(21)29-16-28-22)33-10-8-32(5)9-11-33/h6-7,12-13,15-16H,8-11,14H2,1-5H3,(H,27,35). The average Bonchev–Trinajstić information content (AvgIpc) is 3.51. The third-order valence-electron chi connectivity index (χ3n) is 6.59. The summed E-state index contributed by atoms with van der Waals surface area (Å²) >= 11 is 0. The first kappa shape index (κ1) is 23.9. The SMILES string of the molecule is Cc1cc(-c2ncnn3cc(N4CCN(C)CC4)cc23)ccc1CNC(=O)c1noc(C(C)(C)C)n1. The van der Waals surface area contributed by atoms with E-state index >= 15 is 0 Å². The minimum absolute atomic E-state index is 0.0435. The molecule has 1 N–H and O–H groups in total. The molecule has 0 aliphatic carbocycles. The van der Waals surface area contributed by atoms with Gasteiger partial charge in [0.05, 0.1) is 23.1 Å². The van der Waals surface area contributed by atoms with Crippen molar-refractivity contribution in [3.05, 3.63) is 59.6 Å². The second-order valence-electron chi connectivity index (χ2n) is 10.4. The van der Waals surface area contributed by atoms with E-state index < -0.39 is 0 Å². The molecule has 4 aromatic rings. The molecule has 0 bridgehead atoms. The Kier molecular flexibility index (Phi) is 6.21. The molecular formula is C26H32N8O2. The van der Waals surface area contributed by atoms with Gasteiger partial charge in [-0.1, -0.05) is 38.1 Å². The van der Waals surface area contributed by atoms with Crippen LogP contribution in [0.15, 0.2) is 41.3 Å². The topological polar surface area (TPSA) is 105 Å². The first-order valence-electron chi connectivity index (χ1n) is 12.2. The number of rotatable bonds is 5. The zero-order chi connectivity index (χ0) is 25.4. The van der Waals surface area contributed by atoms with Gasteiger partial charge in [0, 0.05) is 43.7 Å². The Hall–Kier alpha value is -3.79. The third-order valence-corrected chi connectivity index (χ3v) is 6.59. The molecule has 10 heteroatoms. The summed E-state index contributed by atoms with van der Waals surface area (Å²) in [5, 5.41) is 11.1. The third kappa shape index (κ3) is 4.81. The van der Waals surface area contributed by atoms with Gasteiger partial charge in [0.2, 0.25) is 5.89 Å². The summed E-state index contributed by atoms with van der Waals surface area (Å²) in [5.41, 5.74) is 5.77. The van der Waals surface area contributed by atoms with E-state index in [4.69, 9.17) is 4.52 Å². The summed E-state index contributed by atoms with van der Waals surface area (Å²) < 4.78 is 7.13. The van der Waals surface area contributed by atoms with Crippen LogP contribution < -0.4 is 10.2 Å². The molecular weight excluding hydrogens is 456 g/mol. The molecule has 1 aromatic carbocycles. The lowest BCUT2D eigenvalue weighted by Crippen LogP contribution is -2.44. The minimum atomic E-state index is -0.361. The van der Waals surface area contributed by atoms with Gasteiger partial charge in [-0.05, 0) is 37.2 Å². The highest BCUT2D eigenvalue weighted by molar-refractivity contribution is 5.90. The van der Waals surface area contributed by atoms with Crippen molar-refractivity contribution in [1.29, 1.82) is 0 Å². The van der Waals surface area contributed by atoms with Crippen LogP contribution in [0, 0.1) is 6.92 Å². The molecule has 1 aliphatic rings. The van der Waals surface area contributed by atoms with Gasteiger partial charge in [0.15, 0.2) is 0 Å². The predicted molar refractivity (Wildman–Crippen MR) is 137 cm³/mol. The molecule has 1 aliphatic heterocycles. The quantitative estimate of drug-likeness (QED) is 0.457. The fourth-order valence-corrected chi connectivity index (χ4v) is 4.29. The van der Waals surface area contributed by atoms with E-state index in [2.05, 4.69) is 60.7 Å². The van der Waals surface area contributed by atoms with E-state index in [-0.39, 0.29) is 17.1 Å². The van der Waals surface area contributed by atoms with E-state index in [9.17, 15) is 4.79 Å². The summed E-state index contributed by atoms with van der Waals surface area (Å²) in [5.74, 6) is 0.118. The van der Waals surface area contributed by atoms with Crippen LogP contribution in [0.4, 0.5) is 5.69 Å². The summed E-state index contributed by atoms with van der Waals surface area (Å²) in [6.07, 6.45) is 3.67. The van der Waals surface area contributed by atoms with Crippen molar-refractivity contribution in [2.24, 2.45) is 0 Å². The average molecular weight is 489 g/mol. The Morgan fingerprint density at radius 2 is 1.92 bits per heavy atom. The lowest BCUT2D eigenvalue weighted by atomic mass is 9.97. The zero-order valence-corrected chi connectivity index (χ0v) is 21.4. The molecule has 3 aromatic heterocycles. The van der Waals surface area contributed by atoms with Crippen molar-refractivity contribution in [2.75, 3.05) is 38.1 Å². The van der Waals surface area contributed by atoms with Crippen LogP contribution in [0.3, 0.4) is 0 Å². The number of anilines is 1. The van der Waals surface area contributed by atoms with Crippen molar-refractivity contribution in [2.45, 2.75) is 39.7 Å². The fraction of sp³-hybridized carbons (Fsp3) is 0.423. The van der Waals surface area contributed by atoms with Crippen molar-refractivity contribution >= 4 is 17.1 Å². The van der Waals surface area contributed by atoms with Crippen LogP contribution in [0.2, 0.25) is 0 Å². The fourth-order valence-electron chi connectivity index (χ4n) is 4.29. The second-order valence-corrected chi connectivity index (χ2v) is 10.4. The van der Waals surface area contributed by atoms with E-state index in [0.717, 1.165) is 59.8 Å². The normalized spacial score (nSPS) is 15.0. The number of amides is 1. The number of nitrogens with zero attached hydrogens (tertiary/aromatic N) is 7. The molecule has 0 radical (unpaired) electrons. The Bertz CT molecular complexity index is 1390. The first-order chi connectivity index (χ1) is 17.2. The van der Waals surface area contributed by atoms with E-state index in [0.29, 0.717) is 12.4 Å². The smallest absolute Gasteiger partial charge is 0.292 e. The Morgan fingerprint density at radius 3 is 2.61 bits per heavy atom. The lowest BCUT2D eigenvalue weighted by molar-refractivity contribution is 0.0937. The Balaban J connectivity index is 1.32. The molecule has 188 valence electrons. The van der Waals surface area contributed by atoms with Crippen LogP contribution in [-0.4, -0.2) is 68.8 Å². The molecule has 0 unspecified atom stereocenters. The number of aryl methyl sites for hydroxylation is 1. The van der Waals surface area contributed by atoms with Gasteiger partial charge < -0.3 is 19.6 Å². The van der Waals surface area contributed by atoms with Gasteiger partial charge in [-0.2, -0.15) is 10.1 Å². The summed E-state index contributed by atoms with van der Waals surface area (Å²) in [6, 6.07) is 8.31. The molecule has 1 saturated heterocycles. The van der Waals surface area contributed by atoms with Gasteiger partial charge in [0.1, 0.15) is 6.33 Å². The second kappa shape index (κ2) is 9.34. The number of fused-ring (bicyclic) bond motifs is 1. The van der Waals surface area contributed by atoms with Crippen molar-refractivity contribution in [3.8, 4) is 11.3 Å². The molecule has 36 heavy (non-hydrogen) atoms. The van der Waals surface area contributed by atoms with E-state index in [1.54, 1.807) is 6.33 Å². The van der Waals surface area contributed by atoms with Gasteiger partial charge in [0.25, 0.3) is 11.7 Å². The largest absolute Gasteiger partial charge is 0.368 e. The van der Waals surface area contributed by atoms with Crippen molar-refractivity contribution in [3.63, 3.8) is 0 Å². The number of hydrogen-bond donors (Lipinski definition) is 1. The number of carbonyl (C=O) groups excluding carboxylic acids is 1. The summed E-state index contributed by atoms with van der Waals surface area (Å²) in [7, 11) is 2.16. The van der Waals surface area contributed by atoms with Gasteiger partial charge in [-0.15, -0.1) is 0 Å². The molecule has 4 heterocycles. The molecule has 0 spiro atoms. The lowest BCUT2D eigenvalue weighted by Gasteiger charge is -2.33. The number of carbonyl (C=O) groups is 1. The zero-order valence-electron chi connectivity index (χ0n) is 21.4. The maximum absolute atomic E-state index is 12.5. The van der Waals surface area contributed by atoms with Crippen LogP contribution in [0.1, 0.15) is 48.4 Å². The minimum Gasteiger partial charge on any atom is -0.368 e. The number of likely N-dealkylation sites (N-methyl/N-ethyl adjacent to an activating group) is 1. The van der Waals surface area contributed by atoms with E-state index in [1.807, 2.05) is 44.3 Å². The summed E-state index contributed by atoms with van der Waals surface area (Å²) in [4.78, 5) is 26.1. The maximum Gasteiger partial charge on any atom is 0.292 e. The number of nitrogens with one attached hydrogen (secondary N) is 1. The predicted octanol–water partition coefficient (Wildman–Crippen LogP) is 3.07. The number of aromatic nitrogens is 5. The van der Waals surface area contributed by atoms with Gasteiger partial charge in [-0.25, -0.2) is 9.50 Å². The highest BCUT2D eigenvalue weighted by Gasteiger charge is 2.24. The molecule has 1 fully saturated rings. The Morgan fingerprint density at radius 1 is 1.14 bits per heavy atom. The van der Waals surface area contributed by atoms with Crippen molar-refractivity contribution < 1.29 is 9.32 Å². The number of benzene rings is 1. The maximum atomic E-state index is 12.5. The molecule has 1 amide bonds. The molecule has 5 rings (SSSR count). The molecule has 0 atom stereocenters. The van der Waals surface area contributed by atoms with Crippen molar-refractivity contribution in [1.82, 2.24) is 35.0 Å². The highest BCUT2D eigenvalue weighted by atomic mass is 16.5. The monoisotopic (exact) mass is 488 g/mol. The van der Waals surface area contributed by atoms with Crippen LogP contribution in [0.25, 0.3) is 16.8 Å². The number of piperazine rings is 1. The van der Waals surface area contributed by atoms with E-state index in [1.165, 1.54) is 0 Å². The first-order valence-corrected chi connectivity index (χ1v) is 12.2. The number of hydrogen-bond acceptors (Lipinski definition) is 8. The van der Waals surface area contributed by atoms with Gasteiger partial charge >= 0.3 is 0 Å². The Labute approximate surface area is 210 Å². The summed E-state index contributed by atoms with van der Waals surface area (Å²) in [6.45, 7) is 12.4. The molecule has 0 saturated carbocycles. The highest BCUT2D eigenvalue weighted by Crippen LogP contribution is 2.28. The van der Waals surface area contributed by atoms with Crippen LogP contribution in [0.5, 0.6) is 0 Å². The van der Waals surface area contributed by atoms with Gasteiger partial charge in [-0.3, -0.25) is 4.79 Å². The van der Waals surface area contributed by atoms with Crippen LogP contribution in [-0.2, 0) is 12.0 Å². The van der Waals surface area contributed by atoms with Crippen LogP contribution >= 0.6 is 0 Å².